The van der Waals surface area contributed by atoms with Crippen LogP contribution in [0.4, 0.5) is 26.3 Å². The molecular weight excluding hydrogens is 1920 g/mol. The number of H-pyrrole nitrogens is 4. The van der Waals surface area contributed by atoms with Crippen LogP contribution in [0.25, 0.3) is 66.8 Å². The molecule has 0 radical (unpaired) electrons. The number of aliphatic hydroxyl groups excluding tert-OH is 2. The van der Waals surface area contributed by atoms with Crippen molar-refractivity contribution in [3.05, 3.63) is 468 Å². The Labute approximate surface area is 847 Å². The zero-order chi connectivity index (χ0) is 102. The summed E-state index contributed by atoms with van der Waals surface area (Å²) >= 11 is 5.90. The predicted molar refractivity (Wildman–Crippen MR) is 554 cm³/mol. The van der Waals surface area contributed by atoms with E-state index in [0.717, 1.165) is 94.9 Å². The number of carboxylic acid groups (broad SMARTS) is 1. The zero-order valence-electron chi connectivity index (χ0n) is 78.4. The number of carbonyl (C=O) groups is 5. The predicted octanol–water partition coefficient (Wildman–Crippen LogP) is 23.7. The summed E-state index contributed by atoms with van der Waals surface area (Å²) in [6.45, 7) is 11.2. The number of amides is 3. The molecule has 0 bridgehead atoms. The van der Waals surface area contributed by atoms with Gasteiger partial charge in [0.05, 0.1) is 19.8 Å². The molecule has 17 aromatic rings. The van der Waals surface area contributed by atoms with Crippen molar-refractivity contribution < 1.29 is 74.6 Å². The van der Waals surface area contributed by atoms with Crippen LogP contribution in [0.2, 0.25) is 0 Å². The maximum atomic E-state index is 13.2. The third-order valence-corrected chi connectivity index (χ3v) is 23.0. The van der Waals surface area contributed by atoms with Crippen LogP contribution in [-0.2, 0) is 66.3 Å². The first-order valence-electron chi connectivity index (χ1n) is 46.0. The molecule has 2 aliphatic heterocycles. The second-order valence-electron chi connectivity index (χ2n) is 32.6. The van der Waals surface area contributed by atoms with E-state index < -0.39 is 21.2 Å². The summed E-state index contributed by atoms with van der Waals surface area (Å²) in [4.78, 5) is 80.5. The minimum absolute atomic E-state index is 0.0226. The van der Waals surface area contributed by atoms with E-state index in [0.29, 0.717) is 96.8 Å². The fourth-order valence-electron chi connectivity index (χ4n) is 15.9. The Hall–Kier alpha value is -15.1. The Morgan fingerprint density at radius 2 is 0.743 bits per heavy atom. The summed E-state index contributed by atoms with van der Waals surface area (Å²) in [6, 6.07) is 98.1. The number of nitrogens with one attached hydrogen (secondary N) is 5. The topological polar surface area (TPSA) is 270 Å². The second-order valence-corrected chi connectivity index (χ2v) is 35.5. The number of rotatable bonds is 27. The van der Waals surface area contributed by atoms with Gasteiger partial charge in [0.25, 0.3) is 17.7 Å². The Kier molecular flexibility index (Phi) is 41.8. The number of ether oxygens (including phenoxy) is 1. The van der Waals surface area contributed by atoms with Crippen LogP contribution in [0.5, 0.6) is 0 Å². The molecule has 0 saturated heterocycles. The van der Waals surface area contributed by atoms with Gasteiger partial charge in [-0.05, 0) is 177 Å². The van der Waals surface area contributed by atoms with E-state index >= 15 is 0 Å². The molecule has 11 aromatic carbocycles. The molecule has 2 aliphatic rings. The summed E-state index contributed by atoms with van der Waals surface area (Å²) in [6.07, 6.45) is 10.7. The minimum atomic E-state index is -1.67. The van der Waals surface area contributed by atoms with E-state index in [1.165, 1.54) is 95.2 Å². The highest BCUT2D eigenvalue weighted by molar-refractivity contribution is 8.26. The van der Waals surface area contributed by atoms with Crippen LogP contribution in [0.15, 0.2) is 371 Å². The maximum absolute atomic E-state index is 13.2. The number of aromatic nitrogens is 6. The Balaban J connectivity index is 0.000000151. The molecule has 0 spiro atoms. The van der Waals surface area contributed by atoms with E-state index in [-0.39, 0.29) is 78.1 Å². The van der Waals surface area contributed by atoms with Gasteiger partial charge in [0, 0.05) is 189 Å². The number of fused-ring (bicyclic) bond motifs is 2. The number of hydrogen-bond donors (Lipinski definition) is 8. The zero-order valence-corrected chi connectivity index (χ0v) is 81.5. The summed E-state index contributed by atoms with van der Waals surface area (Å²) in [5.41, 5.74) is 18.9. The van der Waals surface area contributed by atoms with E-state index in [9.17, 15) is 55.4 Å². The quantitative estimate of drug-likeness (QED) is 0.00785. The molecule has 21 nitrogen and oxygen atoms in total. The number of aromatic amines is 4. The molecule has 0 atom stereocenters. The van der Waals surface area contributed by atoms with Gasteiger partial charge in [0.1, 0.15) is 63.4 Å². The molecule has 31 heteroatoms. The monoisotopic (exact) mass is 2030 g/mol. The number of esters is 1. The Bertz CT molecular complexity index is 6730. The number of aliphatic hydroxyl groups is 2. The SMILES string of the molecule is CCOC(=O)c1[nH]ccc1-c1ccc(F)cc1.Fc1ccc(-c2ccn3c2CN(Cc2ccccc2)CC3)cc1.O=C(O)c1[nH]ccc1-c1ccc(F)cc1.O=C(c1[nH]ccc1-c1ccc(F)cc1)N(CCCl)Cc1ccccc1.O=C(c1[nH]ccc1-c1ccc(F)cc1)N(CCO)Cc1ccccc1.O=C1c2c(-c3ccc(F)cc3)ccn2CCN1Cc1ccccc1.O=S(Cl)Cl.OCCNCc1ccccc1. The fraction of sp³-hybridized carbons (Fsp3) is 0.159. The van der Waals surface area contributed by atoms with Crippen LogP contribution >= 0.6 is 33.0 Å². The minimum Gasteiger partial charge on any atom is -0.477 e. The number of carboxylic acids is 1. The van der Waals surface area contributed by atoms with Crippen molar-refractivity contribution in [2.24, 2.45) is 0 Å². The standard InChI is InChI=1S/C20H18ClFN2O.C20H19FN2O2.C20H17FN2O.C20H19FN2.C13H12FNO2.C11H8FNO2.C9H13NO.Cl2OS/c21-11-13-24(14-15-4-2-1-3-5-15)20(25)19-18(10-12-23-19)16-6-8-17(22)9-7-16;21-17-8-6-16(7-9-17)18-10-11-22-19(18)20(25)23(12-13-24)14-15-4-2-1-3-5-15;21-17-8-6-16(7-9-17)18-10-11-22-12-13-23(20(24)19(18)22)14-15-4-2-1-3-5-15;21-18-8-6-17(7-9-18)19-10-11-23-13-12-22(15-20(19)23)14-16-4-2-1-3-5-16;1-2-17-13(16)12-11(7-8-15-12)9-3-5-10(14)6-4-9;12-8-3-1-7(2-4-8)9-5-6-13-10(9)11(14)15;11-7-6-10-8-9-4-2-1-3-5-9;1-4(2)3/h1-10,12,23H,11,13-14H2;1-11,22,24H,12-14H2;1-11H,12-14H2;1-11H,12-15H2;3-8,15H,2H2,1H3;1-6,13H,(H,14,15);1-5,10-11H,6-8H2;. The lowest BCUT2D eigenvalue weighted by Gasteiger charge is -2.29. The van der Waals surface area contributed by atoms with E-state index in [1.54, 1.807) is 120 Å². The molecule has 6 aromatic heterocycles. The lowest BCUT2D eigenvalue weighted by Crippen LogP contribution is -2.39. The number of benzene rings is 11. The van der Waals surface area contributed by atoms with Gasteiger partial charge in [0.2, 0.25) is 9.23 Å². The molecule has 0 aliphatic carbocycles. The Morgan fingerprint density at radius 3 is 1.14 bits per heavy atom. The van der Waals surface area contributed by atoms with Gasteiger partial charge in [-0.3, -0.25) is 19.3 Å². The van der Waals surface area contributed by atoms with Gasteiger partial charge in [-0.1, -0.05) is 224 Å². The highest BCUT2D eigenvalue weighted by atomic mass is 36.0. The normalized spacial score (nSPS) is 11.6. The lowest BCUT2D eigenvalue weighted by atomic mass is 10.0. The molecule has 144 heavy (non-hydrogen) atoms. The molecule has 8 N–H and O–H groups in total. The number of alkyl halides is 1. The van der Waals surface area contributed by atoms with Gasteiger partial charge in [-0.25, -0.2) is 40.1 Å². The van der Waals surface area contributed by atoms with Crippen molar-refractivity contribution in [3.8, 4) is 66.8 Å². The largest absolute Gasteiger partial charge is 0.477 e. The van der Waals surface area contributed by atoms with Crippen molar-refractivity contribution in [1.29, 1.82) is 0 Å². The molecule has 0 unspecified atom stereocenters. The lowest BCUT2D eigenvalue weighted by molar-refractivity contribution is 0.0519. The summed E-state index contributed by atoms with van der Waals surface area (Å²) in [7, 11) is 7.36. The van der Waals surface area contributed by atoms with Crippen LogP contribution in [0.1, 0.15) is 92.9 Å². The highest BCUT2D eigenvalue weighted by Crippen LogP contribution is 2.34. The molecule has 19 rings (SSSR count). The molecule has 3 amide bonds. The van der Waals surface area contributed by atoms with Crippen LogP contribution in [0, 0.1) is 34.9 Å². The van der Waals surface area contributed by atoms with Gasteiger partial charge in [0.15, 0.2) is 0 Å². The van der Waals surface area contributed by atoms with Crippen LogP contribution < -0.4 is 5.32 Å². The smallest absolute Gasteiger partial charge is 0.355 e. The van der Waals surface area contributed by atoms with Gasteiger partial charge < -0.3 is 69.1 Å². The molecule has 0 saturated carbocycles. The molecular formula is C113H106Cl3F6N11O10S. The van der Waals surface area contributed by atoms with Crippen LogP contribution in [0.3, 0.4) is 0 Å². The van der Waals surface area contributed by atoms with Crippen molar-refractivity contribution in [1.82, 2.24) is 54.0 Å². The first-order chi connectivity index (χ1) is 69.9. The van der Waals surface area contributed by atoms with Crippen molar-refractivity contribution in [2.45, 2.75) is 59.3 Å². The third kappa shape index (κ3) is 31.9. The molecule has 742 valence electrons. The first-order valence-corrected chi connectivity index (χ1v) is 49.3. The number of carbonyl (C=O) groups excluding carboxylic acids is 4. The number of aromatic carboxylic acids is 1. The van der Waals surface area contributed by atoms with Gasteiger partial charge in [-0.2, -0.15) is 0 Å². The average Bonchev–Trinajstić information content (AvgIpc) is 1.62. The number of halogens is 9. The first kappa shape index (κ1) is 108. The Morgan fingerprint density at radius 1 is 0.403 bits per heavy atom. The van der Waals surface area contributed by atoms with Crippen molar-refractivity contribution in [2.75, 3.05) is 58.4 Å². The number of nitrogens with zero attached hydrogens (tertiary/aromatic N) is 6. The number of hydrogen-bond acceptors (Lipinski definition) is 11. The van der Waals surface area contributed by atoms with Gasteiger partial charge in [-0.15, -0.1) is 11.6 Å². The van der Waals surface area contributed by atoms with E-state index in [1.807, 2.05) is 149 Å². The van der Waals surface area contributed by atoms with E-state index in [4.69, 9.17) is 30.8 Å². The average molecular weight is 2030 g/mol. The van der Waals surface area contributed by atoms with Crippen molar-refractivity contribution in [3.63, 3.8) is 0 Å². The molecule has 0 fully saturated rings. The molecule has 8 heterocycles. The highest BCUT2D eigenvalue weighted by Gasteiger charge is 2.30. The second kappa shape index (κ2) is 55.9. The fourth-order valence-corrected chi connectivity index (χ4v) is 16.1. The van der Waals surface area contributed by atoms with E-state index in [2.05, 4.69) is 111 Å². The van der Waals surface area contributed by atoms with Gasteiger partial charge >= 0.3 is 11.9 Å². The van der Waals surface area contributed by atoms with Crippen molar-refractivity contribution >= 4 is 71.9 Å². The van der Waals surface area contributed by atoms with Crippen LogP contribution in [-0.4, -0.2) is 156 Å². The maximum Gasteiger partial charge on any atom is 0.355 e. The summed E-state index contributed by atoms with van der Waals surface area (Å²) < 4.78 is 96.4. The third-order valence-electron chi connectivity index (χ3n) is 22.9. The summed E-state index contributed by atoms with van der Waals surface area (Å²) in [5.74, 6) is -3.13. The summed E-state index contributed by atoms with van der Waals surface area (Å²) in [5, 5.41) is 29.8.